The van der Waals surface area contributed by atoms with Crippen molar-refractivity contribution in [3.8, 4) is 0 Å². The third-order valence-corrected chi connectivity index (χ3v) is 5.15. The zero-order chi connectivity index (χ0) is 17.9. The fourth-order valence-corrected chi connectivity index (χ4v) is 3.52. The van der Waals surface area contributed by atoms with Crippen molar-refractivity contribution in [2.45, 2.75) is 25.4 Å². The quantitative estimate of drug-likeness (QED) is 0.734. The van der Waals surface area contributed by atoms with Gasteiger partial charge in [-0.15, -0.1) is 0 Å². The van der Waals surface area contributed by atoms with E-state index in [4.69, 9.17) is 4.98 Å². The average Bonchev–Trinajstić information content (AvgIpc) is 3.23. The van der Waals surface area contributed by atoms with Crippen molar-refractivity contribution in [3.63, 3.8) is 0 Å². The van der Waals surface area contributed by atoms with Crippen LogP contribution in [0.4, 0.5) is 11.6 Å². The zero-order valence-corrected chi connectivity index (χ0v) is 15.3. The van der Waals surface area contributed by atoms with E-state index in [1.165, 1.54) is 5.56 Å². The molecule has 0 spiro atoms. The molecular weight excluding hydrogens is 326 g/mol. The van der Waals surface area contributed by atoms with Crippen molar-refractivity contribution in [1.29, 1.82) is 0 Å². The maximum atomic E-state index is 4.79. The van der Waals surface area contributed by atoms with Crippen molar-refractivity contribution in [1.82, 2.24) is 25.5 Å². The number of aromatic nitrogens is 4. The molecule has 7 nitrogen and oxygen atoms in total. The largest absolute Gasteiger partial charge is 0.368 e. The van der Waals surface area contributed by atoms with E-state index in [-0.39, 0.29) is 0 Å². The van der Waals surface area contributed by atoms with Crippen LogP contribution in [0.2, 0.25) is 0 Å². The Kier molecular flexibility index (Phi) is 4.71. The van der Waals surface area contributed by atoms with E-state index in [2.05, 4.69) is 62.6 Å². The smallest absolute Gasteiger partial charge is 0.225 e. The summed E-state index contributed by atoms with van der Waals surface area (Å²) >= 11 is 0. The molecule has 4 rings (SSSR count). The molecule has 2 N–H and O–H groups in total. The Hall–Kier alpha value is -2.67. The van der Waals surface area contributed by atoms with E-state index in [0.29, 0.717) is 6.04 Å². The van der Waals surface area contributed by atoms with Gasteiger partial charge in [0.1, 0.15) is 0 Å². The summed E-state index contributed by atoms with van der Waals surface area (Å²) in [6.07, 6.45) is 7.94. The normalized spacial score (nSPS) is 15.3. The number of nitrogens with one attached hydrogen (secondary N) is 2. The van der Waals surface area contributed by atoms with Crippen LogP contribution in [0.15, 0.2) is 36.8 Å². The molecule has 1 aromatic carbocycles. The van der Waals surface area contributed by atoms with Crippen LogP contribution >= 0.6 is 0 Å². The molecule has 0 radical (unpaired) electrons. The average molecular weight is 351 g/mol. The summed E-state index contributed by atoms with van der Waals surface area (Å²) in [6.45, 7) is 2.94. The minimum Gasteiger partial charge on any atom is -0.368 e. The minimum absolute atomic E-state index is 0.511. The zero-order valence-electron chi connectivity index (χ0n) is 15.3. The Morgan fingerprint density at radius 3 is 2.77 bits per heavy atom. The van der Waals surface area contributed by atoms with Gasteiger partial charge in [-0.25, -0.2) is 9.97 Å². The first kappa shape index (κ1) is 16.8. The second-order valence-electron chi connectivity index (χ2n) is 6.97. The fourth-order valence-electron chi connectivity index (χ4n) is 3.52. The summed E-state index contributed by atoms with van der Waals surface area (Å²) in [4.78, 5) is 13.8. The first-order valence-electron chi connectivity index (χ1n) is 9.10. The third kappa shape index (κ3) is 3.48. The topological polar surface area (TPSA) is 73.0 Å². The number of hydrogen-bond acceptors (Lipinski definition) is 6. The molecule has 1 aliphatic rings. The number of nitrogens with zero attached hydrogens (tertiary/aromatic N) is 5. The van der Waals surface area contributed by atoms with Crippen LogP contribution in [0.25, 0.3) is 10.9 Å². The number of rotatable bonds is 5. The Balaban J connectivity index is 1.52. The first-order valence-corrected chi connectivity index (χ1v) is 9.10. The third-order valence-electron chi connectivity index (χ3n) is 5.15. The van der Waals surface area contributed by atoms with Gasteiger partial charge in [-0.05, 0) is 43.6 Å². The van der Waals surface area contributed by atoms with Crippen molar-refractivity contribution in [3.05, 3.63) is 42.4 Å². The first-order chi connectivity index (χ1) is 12.7. The Morgan fingerprint density at radius 1 is 1.15 bits per heavy atom. The highest BCUT2D eigenvalue weighted by atomic mass is 15.3. The van der Waals surface area contributed by atoms with Crippen LogP contribution in [0.1, 0.15) is 18.4 Å². The highest BCUT2D eigenvalue weighted by Gasteiger charge is 2.20. The molecule has 1 fully saturated rings. The predicted octanol–water partition coefficient (Wildman–Crippen LogP) is 2.18. The summed E-state index contributed by atoms with van der Waals surface area (Å²) in [6, 6.07) is 6.91. The molecule has 3 aromatic rings. The van der Waals surface area contributed by atoms with Gasteiger partial charge in [0, 0.05) is 44.5 Å². The molecule has 3 heterocycles. The van der Waals surface area contributed by atoms with Crippen LogP contribution in [0.3, 0.4) is 0 Å². The van der Waals surface area contributed by atoms with Gasteiger partial charge in [-0.3, -0.25) is 5.10 Å². The Morgan fingerprint density at radius 2 is 2.00 bits per heavy atom. The standard InChI is InChI=1S/C19H25N7/c1-25(17-11-22-23-12-17)13-14-3-4-18-15(9-14)10-21-19(24-18)26(2)16-5-7-20-8-6-16/h3-4,9-12,16,20H,5-8,13H2,1-2H3,(H,22,23). The van der Waals surface area contributed by atoms with E-state index in [1.54, 1.807) is 0 Å². The number of piperidine rings is 1. The van der Waals surface area contributed by atoms with Crippen LogP contribution in [-0.4, -0.2) is 53.4 Å². The van der Waals surface area contributed by atoms with Gasteiger partial charge in [-0.1, -0.05) is 6.07 Å². The molecule has 0 saturated carbocycles. The lowest BCUT2D eigenvalue weighted by molar-refractivity contribution is 0.440. The lowest BCUT2D eigenvalue weighted by Gasteiger charge is -2.31. The molecule has 0 bridgehead atoms. The van der Waals surface area contributed by atoms with E-state index < -0.39 is 0 Å². The van der Waals surface area contributed by atoms with Crippen LogP contribution in [-0.2, 0) is 6.54 Å². The van der Waals surface area contributed by atoms with E-state index in [1.807, 2.05) is 18.6 Å². The summed E-state index contributed by atoms with van der Waals surface area (Å²) in [5.74, 6) is 0.813. The molecule has 0 aliphatic carbocycles. The van der Waals surface area contributed by atoms with Crippen LogP contribution < -0.4 is 15.1 Å². The number of aromatic amines is 1. The number of fused-ring (bicyclic) bond motifs is 1. The van der Waals surface area contributed by atoms with Crippen LogP contribution in [0, 0.1) is 0 Å². The molecule has 2 aromatic heterocycles. The number of anilines is 2. The Labute approximate surface area is 153 Å². The maximum Gasteiger partial charge on any atom is 0.225 e. The fraction of sp³-hybridized carbons (Fsp3) is 0.421. The van der Waals surface area contributed by atoms with Crippen molar-refractivity contribution < 1.29 is 0 Å². The van der Waals surface area contributed by atoms with E-state index in [9.17, 15) is 0 Å². The summed E-state index contributed by atoms with van der Waals surface area (Å²) in [5, 5.41) is 11.3. The second-order valence-corrected chi connectivity index (χ2v) is 6.97. The number of hydrogen-bond donors (Lipinski definition) is 2. The second kappa shape index (κ2) is 7.29. The van der Waals surface area contributed by atoms with Gasteiger partial charge in [0.2, 0.25) is 5.95 Å². The molecule has 0 unspecified atom stereocenters. The van der Waals surface area contributed by atoms with Gasteiger partial charge < -0.3 is 15.1 Å². The van der Waals surface area contributed by atoms with Crippen molar-refractivity contribution in [2.24, 2.45) is 0 Å². The summed E-state index contributed by atoms with van der Waals surface area (Å²) in [5.41, 5.74) is 3.29. The Bertz CT molecular complexity index is 855. The van der Waals surface area contributed by atoms with Gasteiger partial charge in [-0.2, -0.15) is 5.10 Å². The van der Waals surface area contributed by atoms with E-state index in [0.717, 1.165) is 55.0 Å². The molecule has 1 saturated heterocycles. The maximum absolute atomic E-state index is 4.79. The SMILES string of the molecule is CN(Cc1ccc2nc(N(C)C3CCNCC3)ncc2c1)c1cn[nH]c1. The van der Waals surface area contributed by atoms with Gasteiger partial charge in [0.05, 0.1) is 17.4 Å². The lowest BCUT2D eigenvalue weighted by Crippen LogP contribution is -2.41. The van der Waals surface area contributed by atoms with Crippen LogP contribution in [0.5, 0.6) is 0 Å². The van der Waals surface area contributed by atoms with Gasteiger partial charge in [0.25, 0.3) is 0 Å². The highest BCUT2D eigenvalue weighted by Crippen LogP contribution is 2.21. The highest BCUT2D eigenvalue weighted by molar-refractivity contribution is 5.79. The molecular formula is C19H25N7. The monoisotopic (exact) mass is 351 g/mol. The lowest BCUT2D eigenvalue weighted by atomic mass is 10.1. The molecule has 7 heteroatoms. The number of benzene rings is 1. The minimum atomic E-state index is 0.511. The van der Waals surface area contributed by atoms with Gasteiger partial charge >= 0.3 is 0 Å². The van der Waals surface area contributed by atoms with E-state index >= 15 is 0 Å². The molecule has 136 valence electrons. The molecule has 0 amide bonds. The molecule has 0 atom stereocenters. The molecule has 1 aliphatic heterocycles. The number of H-pyrrole nitrogens is 1. The van der Waals surface area contributed by atoms with Crippen molar-refractivity contribution in [2.75, 3.05) is 37.0 Å². The summed E-state index contributed by atoms with van der Waals surface area (Å²) < 4.78 is 0. The van der Waals surface area contributed by atoms with Crippen molar-refractivity contribution >= 4 is 22.5 Å². The van der Waals surface area contributed by atoms with Gasteiger partial charge in [0.15, 0.2) is 0 Å². The summed E-state index contributed by atoms with van der Waals surface area (Å²) in [7, 11) is 4.16. The predicted molar refractivity (Wildman–Crippen MR) is 105 cm³/mol. The molecule has 26 heavy (non-hydrogen) atoms.